The van der Waals surface area contributed by atoms with Gasteiger partial charge >= 0.3 is 0 Å². The van der Waals surface area contributed by atoms with E-state index in [0.29, 0.717) is 17.7 Å². The summed E-state index contributed by atoms with van der Waals surface area (Å²) >= 11 is 0. The first-order valence-electron chi connectivity index (χ1n) is 16.9. The smallest absolute Gasteiger partial charge is 0.132 e. The maximum Gasteiger partial charge on any atom is 0.132 e. The van der Waals surface area contributed by atoms with Crippen molar-refractivity contribution in [2.75, 3.05) is 11.4 Å². The van der Waals surface area contributed by atoms with Crippen molar-refractivity contribution in [2.45, 2.75) is 26.2 Å². The predicted octanol–water partition coefficient (Wildman–Crippen LogP) is 10.2. The molecule has 0 saturated carbocycles. The van der Waals surface area contributed by atoms with Crippen LogP contribution in [0.25, 0.3) is 40.1 Å². The van der Waals surface area contributed by atoms with E-state index in [9.17, 15) is 15.8 Å². The third-order valence-corrected chi connectivity index (χ3v) is 9.51. The van der Waals surface area contributed by atoms with Gasteiger partial charge in [-0.2, -0.15) is 15.8 Å². The van der Waals surface area contributed by atoms with Gasteiger partial charge in [0.15, 0.2) is 0 Å². The lowest BCUT2D eigenvalue weighted by molar-refractivity contribution is 0.871. The molecule has 1 aliphatic carbocycles. The normalized spacial score (nSPS) is 14.6. The summed E-state index contributed by atoms with van der Waals surface area (Å²) in [5.74, 6) is 0. The molecule has 0 fully saturated rings. The summed E-state index contributed by atoms with van der Waals surface area (Å²) in [7, 11) is 0. The van der Waals surface area contributed by atoms with Gasteiger partial charge in [-0.3, -0.25) is 5.41 Å². The number of rotatable bonds is 6. The highest BCUT2D eigenvalue weighted by Crippen LogP contribution is 2.39. The first-order chi connectivity index (χ1) is 25.0. The lowest BCUT2D eigenvalue weighted by atomic mass is 9.96. The number of hydrogen-bond donors (Lipinski definition) is 1. The van der Waals surface area contributed by atoms with Crippen LogP contribution in [0.2, 0.25) is 0 Å². The summed E-state index contributed by atoms with van der Waals surface area (Å²) in [6, 6.07) is 35.2. The Kier molecular flexibility index (Phi) is 9.12. The third-order valence-electron chi connectivity index (χ3n) is 9.51. The van der Waals surface area contributed by atoms with E-state index in [4.69, 9.17) is 5.41 Å². The Morgan fingerprint density at radius 1 is 0.784 bits per heavy atom. The molecule has 6 nitrogen and oxygen atoms in total. The second-order valence-corrected chi connectivity index (χ2v) is 12.6. The minimum Gasteiger partial charge on any atom is -0.337 e. The van der Waals surface area contributed by atoms with Crippen molar-refractivity contribution in [3.05, 3.63) is 161 Å². The molecule has 0 unspecified atom stereocenters. The van der Waals surface area contributed by atoms with E-state index >= 15 is 0 Å². The lowest BCUT2D eigenvalue weighted by Gasteiger charge is -2.26. The van der Waals surface area contributed by atoms with Gasteiger partial charge in [-0.05, 0) is 126 Å². The van der Waals surface area contributed by atoms with E-state index in [-0.39, 0.29) is 5.71 Å². The Morgan fingerprint density at radius 3 is 2.31 bits per heavy atom. The Bertz CT molecular complexity index is 2450. The van der Waals surface area contributed by atoms with Gasteiger partial charge in [0.05, 0.1) is 29.0 Å². The van der Waals surface area contributed by atoms with E-state index in [2.05, 4.69) is 114 Å². The Hall–Kier alpha value is -6.94. The van der Waals surface area contributed by atoms with Gasteiger partial charge in [0.1, 0.15) is 11.8 Å². The summed E-state index contributed by atoms with van der Waals surface area (Å²) in [4.78, 5) is 2.29. The number of fused-ring (bicyclic) bond motifs is 2. The molecular weight excluding hydrogens is 625 g/mol. The Labute approximate surface area is 298 Å². The summed E-state index contributed by atoms with van der Waals surface area (Å²) in [5.41, 5.74) is 13.6. The van der Waals surface area contributed by atoms with E-state index in [1.54, 1.807) is 6.08 Å². The van der Waals surface area contributed by atoms with Gasteiger partial charge in [-0.1, -0.05) is 66.8 Å². The number of allylic oxidation sites excluding steroid dienone is 5. The van der Waals surface area contributed by atoms with Crippen LogP contribution in [-0.4, -0.2) is 16.8 Å². The number of benzene rings is 4. The highest BCUT2D eigenvalue weighted by Gasteiger charge is 2.23. The zero-order chi connectivity index (χ0) is 35.3. The van der Waals surface area contributed by atoms with Crippen molar-refractivity contribution in [1.82, 2.24) is 4.57 Å². The summed E-state index contributed by atoms with van der Waals surface area (Å²) in [6.45, 7) is 2.76. The predicted molar refractivity (Wildman–Crippen MR) is 206 cm³/mol. The van der Waals surface area contributed by atoms with Crippen molar-refractivity contribution in [3.63, 3.8) is 0 Å². The SMILES string of the molecule is Cc1c2c(n(-c3ccc(C#N)cc3-c3cccc(-c4cccc(N5C/C=C\C=C/Cc6cc(C#N)ccc65)c4)c3)c1/C=C\C(=N)C#N)CCC=C2. The number of nitrogens with zero attached hydrogens (tertiary/aromatic N) is 5. The molecule has 5 aromatic rings. The summed E-state index contributed by atoms with van der Waals surface area (Å²) in [5, 5.41) is 36.8. The number of hydrogen-bond acceptors (Lipinski definition) is 5. The Balaban J connectivity index is 1.34. The molecule has 244 valence electrons. The average Bonchev–Trinajstić information content (AvgIpc) is 3.52. The molecule has 0 bridgehead atoms. The fraction of sp³-hybridized carbons (Fsp3) is 0.111. The van der Waals surface area contributed by atoms with Gasteiger partial charge < -0.3 is 9.47 Å². The standard InChI is InChI=1S/C45H34N6/c1-31-40-15-5-6-16-44(40)51(42(31)22-19-38(49)30-48)45-21-18-33(29-47)25-41(45)36-13-8-11-34(26-36)35-12-9-14-39(27-35)50-23-7-3-2-4-10-37-24-32(28-46)17-20-43(37)50/h2-5,7-9,11-15,17-22,24-27,49H,6,10,16,23H2,1H3/b4-2-,7-3-,22-19-,49-38?. The number of aromatic nitrogens is 1. The molecule has 1 aromatic heterocycles. The van der Waals surface area contributed by atoms with Crippen LogP contribution in [0.3, 0.4) is 0 Å². The second-order valence-electron chi connectivity index (χ2n) is 12.6. The fourth-order valence-corrected chi connectivity index (χ4v) is 7.05. The minimum atomic E-state index is -0.111. The maximum atomic E-state index is 9.97. The van der Waals surface area contributed by atoms with Crippen LogP contribution in [-0.2, 0) is 12.8 Å². The molecule has 0 saturated heterocycles. The second kappa shape index (κ2) is 14.3. The largest absolute Gasteiger partial charge is 0.337 e. The van der Waals surface area contributed by atoms with E-state index < -0.39 is 0 Å². The van der Waals surface area contributed by atoms with Crippen LogP contribution < -0.4 is 4.90 Å². The van der Waals surface area contributed by atoms with Gasteiger partial charge in [-0.15, -0.1) is 0 Å². The molecule has 0 atom stereocenters. The molecule has 4 aromatic carbocycles. The molecule has 2 heterocycles. The monoisotopic (exact) mass is 658 g/mol. The highest BCUT2D eigenvalue weighted by atomic mass is 15.1. The third kappa shape index (κ3) is 6.45. The van der Waals surface area contributed by atoms with Gasteiger partial charge in [0, 0.05) is 34.9 Å². The molecule has 1 aliphatic heterocycles. The molecule has 6 heteroatoms. The van der Waals surface area contributed by atoms with Crippen LogP contribution in [0.5, 0.6) is 0 Å². The summed E-state index contributed by atoms with van der Waals surface area (Å²) < 4.78 is 2.24. The van der Waals surface area contributed by atoms with Crippen molar-refractivity contribution < 1.29 is 0 Å². The van der Waals surface area contributed by atoms with Crippen molar-refractivity contribution in [1.29, 1.82) is 21.2 Å². The lowest BCUT2D eigenvalue weighted by Crippen LogP contribution is -2.18. The van der Waals surface area contributed by atoms with Crippen molar-refractivity contribution in [2.24, 2.45) is 0 Å². The number of nitriles is 3. The molecule has 51 heavy (non-hydrogen) atoms. The highest BCUT2D eigenvalue weighted by molar-refractivity contribution is 6.07. The zero-order valence-electron chi connectivity index (χ0n) is 28.3. The molecule has 0 spiro atoms. The van der Waals surface area contributed by atoms with Gasteiger partial charge in [0.25, 0.3) is 0 Å². The van der Waals surface area contributed by atoms with Gasteiger partial charge in [0.2, 0.25) is 0 Å². The zero-order valence-corrected chi connectivity index (χ0v) is 28.3. The van der Waals surface area contributed by atoms with Crippen LogP contribution in [0.15, 0.2) is 121 Å². The van der Waals surface area contributed by atoms with Crippen LogP contribution in [0, 0.1) is 46.3 Å². The topological polar surface area (TPSA) is 103 Å². The summed E-state index contributed by atoms with van der Waals surface area (Å²) in [6.07, 6.45) is 18.6. The quantitative estimate of drug-likeness (QED) is 0.183. The average molecular weight is 659 g/mol. The molecule has 2 aliphatic rings. The van der Waals surface area contributed by atoms with E-state index in [1.165, 1.54) is 5.69 Å². The van der Waals surface area contributed by atoms with Crippen molar-refractivity contribution in [3.8, 4) is 46.1 Å². The maximum absolute atomic E-state index is 9.97. The first kappa shape index (κ1) is 32.6. The fourth-order valence-electron chi connectivity index (χ4n) is 7.05. The van der Waals surface area contributed by atoms with Crippen LogP contribution in [0.1, 0.15) is 45.6 Å². The molecular formula is C45H34N6. The van der Waals surface area contributed by atoms with Crippen LogP contribution >= 0.6 is 0 Å². The number of anilines is 2. The molecule has 7 rings (SSSR count). The van der Waals surface area contributed by atoms with Crippen molar-refractivity contribution >= 4 is 29.2 Å². The minimum absolute atomic E-state index is 0.111. The van der Waals surface area contributed by atoms with Gasteiger partial charge in [-0.25, -0.2) is 0 Å². The first-order valence-corrected chi connectivity index (χ1v) is 16.9. The van der Waals surface area contributed by atoms with Crippen LogP contribution in [0.4, 0.5) is 11.4 Å². The Morgan fingerprint density at radius 2 is 1.51 bits per heavy atom. The van der Waals surface area contributed by atoms with E-state index in [1.807, 2.05) is 48.5 Å². The molecule has 1 N–H and O–H groups in total. The van der Waals surface area contributed by atoms with E-state index in [0.717, 1.165) is 81.0 Å². The molecule has 0 amide bonds. The number of nitrogens with one attached hydrogen (secondary N) is 1. The molecule has 0 radical (unpaired) electrons.